The molecule has 4 saturated carbocycles. The third-order valence-electron chi connectivity index (χ3n) is 13.7. The van der Waals surface area contributed by atoms with Gasteiger partial charge in [0, 0.05) is 37.0 Å². The third-order valence-corrected chi connectivity index (χ3v) is 14.0. The first-order valence-electron chi connectivity index (χ1n) is 22.6. The molecule has 0 aliphatic heterocycles. The second-order valence-electron chi connectivity index (χ2n) is 17.8. The Hall–Kier alpha value is -5.47. The first-order chi connectivity index (χ1) is 31.9. The summed E-state index contributed by atoms with van der Waals surface area (Å²) in [6.45, 7) is 3.83. The number of nitrogens with one attached hydrogen (secondary N) is 4. The van der Waals surface area contributed by atoms with E-state index in [1.54, 1.807) is 21.8 Å². The van der Waals surface area contributed by atoms with Crippen molar-refractivity contribution in [2.75, 3.05) is 10.6 Å². The molecule has 0 radical (unpaired) electrons. The van der Waals surface area contributed by atoms with Crippen LogP contribution in [0.15, 0.2) is 12.7 Å². The number of hydrogen-bond acceptors (Lipinski definition) is 19. The highest BCUT2D eigenvalue weighted by Gasteiger charge is 2.47. The molecular formula is C39H52Cl2N20O5. The standard InChI is InChI=1S/C39H52Cl2N20O5/c1-3-25-52-56-60(54-25)23-13-21(29(62)31(23)64)58-15-42-27-33(48-37(40)50-35(27)58)44-17-8-10-18(11-9-17)46-39(66)47-20-7-5-6-19(12-20)45-34-28-36(51-38(41)49-34)59(16-43-28)22-14-24(32(65)30(22)63)61-55-26(4-2)53-57-61/h15-24,29-32,62-65H,3-14H2,1-2H3,(H,44,48,50)(H,45,49,51)(H2,46,47,66)/t17?,18?,19-,20-,21+,22+,23-,24-,29-,30-,31+,32+/m0/s1. The lowest BCUT2D eigenvalue weighted by molar-refractivity contribution is 0.00473. The zero-order chi connectivity index (χ0) is 45.8. The van der Waals surface area contributed by atoms with E-state index in [4.69, 9.17) is 23.2 Å². The molecule has 0 saturated heterocycles. The number of anilines is 2. The molecule has 0 bridgehead atoms. The maximum absolute atomic E-state index is 13.4. The molecule has 0 unspecified atom stereocenters. The van der Waals surface area contributed by atoms with E-state index in [0.29, 0.717) is 77.7 Å². The highest BCUT2D eigenvalue weighted by molar-refractivity contribution is 6.29. The number of amides is 2. The van der Waals surface area contributed by atoms with Gasteiger partial charge in [0.15, 0.2) is 45.6 Å². The van der Waals surface area contributed by atoms with Crippen LogP contribution < -0.4 is 21.3 Å². The SMILES string of the molecule is CCc1nnn([C@H]2C[C@@H](n3cnc4c(NC5CCC(NC(=O)N[C@H]6CCC[C@H](Nc7nc(Cl)nc8c7ncn8[C@@H]7C[C@H](n8nnc(CC)n8)[C@@H](O)[C@H]7O)C6)CC5)nc(Cl)nc43)[C@H](O)[C@@H]2O)n1. The molecule has 27 heteroatoms. The van der Waals surface area contributed by atoms with Gasteiger partial charge in [0.1, 0.15) is 36.5 Å². The summed E-state index contributed by atoms with van der Waals surface area (Å²) in [4.78, 5) is 43.1. The zero-order valence-corrected chi connectivity index (χ0v) is 37.7. The fourth-order valence-electron chi connectivity index (χ4n) is 10.2. The number of halogens is 2. The molecule has 25 nitrogen and oxygen atoms in total. The van der Waals surface area contributed by atoms with Crippen LogP contribution in [0.4, 0.5) is 16.4 Å². The molecule has 4 fully saturated rings. The minimum absolute atomic E-state index is 0.00490. The van der Waals surface area contributed by atoms with Crippen LogP contribution in [0, 0.1) is 0 Å². The van der Waals surface area contributed by atoms with Gasteiger partial charge in [0.05, 0.1) is 24.7 Å². The van der Waals surface area contributed by atoms with Crippen molar-refractivity contribution in [3.63, 3.8) is 0 Å². The van der Waals surface area contributed by atoms with Gasteiger partial charge in [-0.25, -0.2) is 14.8 Å². The number of aliphatic hydroxyl groups excluding tert-OH is 4. The number of urea groups is 1. The topological polar surface area (TPSA) is 321 Å². The van der Waals surface area contributed by atoms with Crippen LogP contribution in [0.2, 0.25) is 10.6 Å². The largest absolute Gasteiger partial charge is 0.388 e. The number of imidazole rings is 2. The molecule has 10 atom stereocenters. The van der Waals surface area contributed by atoms with Crippen molar-refractivity contribution in [3.8, 4) is 0 Å². The number of tetrazole rings is 2. The Kier molecular flexibility index (Phi) is 12.3. The average molecular weight is 952 g/mol. The Morgan fingerprint density at radius 1 is 0.606 bits per heavy atom. The molecule has 2 amide bonds. The van der Waals surface area contributed by atoms with Crippen LogP contribution in [0.3, 0.4) is 0 Å². The van der Waals surface area contributed by atoms with Crippen LogP contribution >= 0.6 is 23.2 Å². The molecule has 6 heterocycles. The number of rotatable bonds is 12. The van der Waals surface area contributed by atoms with E-state index in [-0.39, 0.29) is 40.8 Å². The number of aromatic nitrogens is 16. The van der Waals surface area contributed by atoms with E-state index in [2.05, 4.69) is 82.0 Å². The average Bonchev–Trinajstić information content (AvgIpc) is 4.18. The van der Waals surface area contributed by atoms with Crippen molar-refractivity contribution < 1.29 is 25.2 Å². The second kappa shape index (κ2) is 18.3. The van der Waals surface area contributed by atoms with Crippen molar-refractivity contribution in [1.82, 2.24) is 90.1 Å². The van der Waals surface area contributed by atoms with E-state index in [1.807, 2.05) is 13.8 Å². The smallest absolute Gasteiger partial charge is 0.315 e. The Labute approximate surface area is 386 Å². The summed E-state index contributed by atoms with van der Waals surface area (Å²) < 4.78 is 3.43. The van der Waals surface area contributed by atoms with Gasteiger partial charge in [-0.3, -0.25) is 0 Å². The fourth-order valence-corrected chi connectivity index (χ4v) is 10.5. The minimum Gasteiger partial charge on any atom is -0.388 e. The van der Waals surface area contributed by atoms with Crippen molar-refractivity contribution >= 4 is 63.2 Å². The lowest BCUT2D eigenvalue weighted by atomic mass is 9.90. The molecular weight excluding hydrogens is 899 g/mol. The van der Waals surface area contributed by atoms with E-state index in [1.165, 1.54) is 9.59 Å². The maximum Gasteiger partial charge on any atom is 0.315 e. The van der Waals surface area contributed by atoms with Crippen LogP contribution in [0.1, 0.15) is 114 Å². The molecule has 10 rings (SSSR count). The lowest BCUT2D eigenvalue weighted by Crippen LogP contribution is -2.50. The van der Waals surface area contributed by atoms with Gasteiger partial charge in [-0.05, 0) is 97.8 Å². The van der Waals surface area contributed by atoms with E-state index < -0.39 is 48.6 Å². The highest BCUT2D eigenvalue weighted by Crippen LogP contribution is 2.41. The summed E-state index contributed by atoms with van der Waals surface area (Å²) in [6.07, 6.45) is 6.63. The van der Waals surface area contributed by atoms with Crippen LogP contribution in [0.5, 0.6) is 0 Å². The molecule has 352 valence electrons. The Morgan fingerprint density at radius 3 is 1.56 bits per heavy atom. The van der Waals surface area contributed by atoms with Gasteiger partial charge < -0.3 is 50.8 Å². The zero-order valence-electron chi connectivity index (χ0n) is 36.2. The molecule has 0 aromatic carbocycles. The van der Waals surface area contributed by atoms with Gasteiger partial charge in [-0.15, -0.1) is 20.4 Å². The summed E-state index contributed by atoms with van der Waals surface area (Å²) >= 11 is 12.9. The Bertz CT molecular complexity index is 2690. The first-order valence-corrected chi connectivity index (χ1v) is 23.4. The summed E-state index contributed by atoms with van der Waals surface area (Å²) in [6, 6.07) is -2.64. The molecule has 0 spiro atoms. The Balaban J connectivity index is 0.724. The van der Waals surface area contributed by atoms with Crippen molar-refractivity contribution in [2.45, 2.75) is 164 Å². The van der Waals surface area contributed by atoms with E-state index in [0.717, 1.165) is 44.9 Å². The molecule has 4 aliphatic rings. The van der Waals surface area contributed by atoms with E-state index in [9.17, 15) is 25.2 Å². The van der Waals surface area contributed by atoms with E-state index >= 15 is 0 Å². The minimum atomic E-state index is -1.14. The van der Waals surface area contributed by atoms with Crippen LogP contribution in [0.25, 0.3) is 22.3 Å². The van der Waals surface area contributed by atoms with Crippen molar-refractivity contribution in [1.29, 1.82) is 0 Å². The molecule has 6 aromatic rings. The number of fused-ring (bicyclic) bond motifs is 2. The summed E-state index contributed by atoms with van der Waals surface area (Å²) in [5.74, 6) is 2.02. The highest BCUT2D eigenvalue weighted by atomic mass is 35.5. The number of hydrogen-bond donors (Lipinski definition) is 8. The number of nitrogens with zero attached hydrogens (tertiary/aromatic N) is 16. The van der Waals surface area contributed by atoms with Gasteiger partial charge in [-0.2, -0.15) is 29.5 Å². The van der Waals surface area contributed by atoms with Crippen molar-refractivity contribution in [3.05, 3.63) is 34.9 Å². The number of aliphatic hydroxyl groups is 4. The second-order valence-corrected chi connectivity index (χ2v) is 18.5. The predicted molar refractivity (Wildman–Crippen MR) is 235 cm³/mol. The molecule has 8 N–H and O–H groups in total. The summed E-state index contributed by atoms with van der Waals surface area (Å²) in [7, 11) is 0. The monoisotopic (exact) mass is 950 g/mol. The lowest BCUT2D eigenvalue weighted by Gasteiger charge is -2.33. The van der Waals surface area contributed by atoms with Gasteiger partial charge in [0.25, 0.3) is 0 Å². The molecule has 66 heavy (non-hydrogen) atoms. The third kappa shape index (κ3) is 8.55. The predicted octanol–water partition coefficient (Wildman–Crippen LogP) is 1.63. The molecule has 6 aromatic heterocycles. The first kappa shape index (κ1) is 44.4. The van der Waals surface area contributed by atoms with Crippen LogP contribution in [-0.4, -0.2) is 154 Å². The number of aryl methyl sites for hydroxylation is 2. The Morgan fingerprint density at radius 2 is 1.06 bits per heavy atom. The normalized spacial score (nSPS) is 30.3. The van der Waals surface area contributed by atoms with Gasteiger partial charge >= 0.3 is 6.03 Å². The number of carbonyl (C=O) groups is 1. The fraction of sp³-hybridized carbons (Fsp3) is 0.667. The van der Waals surface area contributed by atoms with Crippen LogP contribution in [-0.2, 0) is 12.8 Å². The van der Waals surface area contributed by atoms with Crippen molar-refractivity contribution in [2.24, 2.45) is 0 Å². The van der Waals surface area contributed by atoms with Gasteiger partial charge in [0.2, 0.25) is 10.6 Å². The van der Waals surface area contributed by atoms with Gasteiger partial charge in [-0.1, -0.05) is 13.8 Å². The summed E-state index contributed by atoms with van der Waals surface area (Å²) in [5.41, 5.74) is 1.81. The molecule has 4 aliphatic carbocycles. The summed E-state index contributed by atoms with van der Waals surface area (Å²) in [5, 5.41) is 82.4. The maximum atomic E-state index is 13.4. The number of carbonyl (C=O) groups excluding carboxylic acids is 1. The quantitative estimate of drug-likeness (QED) is 0.0808.